The van der Waals surface area contributed by atoms with Crippen LogP contribution < -0.4 is 15.5 Å². The minimum Gasteiger partial charge on any atom is -0.442 e. The van der Waals surface area contributed by atoms with Gasteiger partial charge in [-0.2, -0.15) is 0 Å². The van der Waals surface area contributed by atoms with Gasteiger partial charge >= 0.3 is 6.09 Å². The molecule has 1 aromatic carbocycles. The first-order chi connectivity index (χ1) is 14.0. The molecule has 2 fully saturated rings. The number of hydrogen-bond donors (Lipinski definition) is 2. The van der Waals surface area contributed by atoms with Crippen molar-refractivity contribution in [2.75, 3.05) is 31.1 Å². The lowest BCUT2D eigenvalue weighted by Gasteiger charge is -2.18. The quantitative estimate of drug-likeness (QED) is 0.664. The predicted molar refractivity (Wildman–Crippen MR) is 115 cm³/mol. The number of carbonyl (C=O) groups is 2. The van der Waals surface area contributed by atoms with Crippen molar-refractivity contribution < 1.29 is 14.3 Å². The normalized spacial score (nSPS) is 19.9. The molecule has 1 atom stereocenters. The molecule has 4 rings (SSSR count). The molecular weight excluding hydrogens is 410 g/mol. The molecule has 154 valence electrons. The standard InChI is InChI=1S/C21H24ClN3O3S/c1-2-23-13-21(9-10-21)14-3-5-15(6-4-14)25-12-16(28-20(25)27)11-24-19(26)17-7-8-18(22)29-17/h3-8,16,23H,2,9-13H2,1H3,(H,24,26). The summed E-state index contributed by atoms with van der Waals surface area (Å²) in [6, 6.07) is 11.6. The number of amides is 2. The molecule has 1 saturated carbocycles. The van der Waals surface area contributed by atoms with Crippen LogP contribution in [0, 0.1) is 0 Å². The van der Waals surface area contributed by atoms with Crippen LogP contribution in [0.3, 0.4) is 0 Å². The molecule has 2 N–H and O–H groups in total. The molecule has 2 aromatic rings. The fourth-order valence-corrected chi connectivity index (χ4v) is 4.61. The van der Waals surface area contributed by atoms with E-state index in [9.17, 15) is 9.59 Å². The van der Waals surface area contributed by atoms with Crippen molar-refractivity contribution >= 4 is 40.6 Å². The van der Waals surface area contributed by atoms with E-state index in [1.54, 1.807) is 17.0 Å². The van der Waals surface area contributed by atoms with Crippen LogP contribution in [0.1, 0.15) is 35.0 Å². The van der Waals surface area contributed by atoms with Gasteiger partial charge in [0.05, 0.1) is 22.3 Å². The van der Waals surface area contributed by atoms with Gasteiger partial charge in [-0.1, -0.05) is 30.7 Å². The number of cyclic esters (lactones) is 1. The van der Waals surface area contributed by atoms with E-state index in [0.29, 0.717) is 15.8 Å². The number of halogens is 1. The van der Waals surface area contributed by atoms with Gasteiger partial charge in [-0.05, 0) is 49.2 Å². The molecule has 0 spiro atoms. The van der Waals surface area contributed by atoms with Gasteiger partial charge < -0.3 is 15.4 Å². The summed E-state index contributed by atoms with van der Waals surface area (Å²) in [5.74, 6) is -0.212. The molecule has 1 aromatic heterocycles. The largest absolute Gasteiger partial charge is 0.442 e. The third kappa shape index (κ3) is 4.42. The molecule has 2 aliphatic rings. The van der Waals surface area contributed by atoms with Crippen molar-refractivity contribution in [3.05, 3.63) is 51.2 Å². The number of benzene rings is 1. The van der Waals surface area contributed by atoms with Crippen LogP contribution in [-0.4, -0.2) is 44.3 Å². The average molecular weight is 434 g/mol. The molecule has 6 nitrogen and oxygen atoms in total. The molecular formula is C21H24ClN3O3S. The molecule has 1 aliphatic heterocycles. The summed E-state index contributed by atoms with van der Waals surface area (Å²) in [7, 11) is 0. The molecule has 1 aliphatic carbocycles. The van der Waals surface area contributed by atoms with Gasteiger partial charge in [0.15, 0.2) is 0 Å². The van der Waals surface area contributed by atoms with Crippen LogP contribution in [0.15, 0.2) is 36.4 Å². The Kier molecular flexibility index (Phi) is 5.81. The van der Waals surface area contributed by atoms with Crippen LogP contribution in [0.4, 0.5) is 10.5 Å². The first-order valence-electron chi connectivity index (χ1n) is 9.84. The molecule has 0 bridgehead atoms. The Bertz CT molecular complexity index is 895. The van der Waals surface area contributed by atoms with Gasteiger partial charge in [-0.15, -0.1) is 11.3 Å². The predicted octanol–water partition coefficient (Wildman–Crippen LogP) is 3.80. The summed E-state index contributed by atoms with van der Waals surface area (Å²) in [5, 5.41) is 6.25. The molecule has 1 unspecified atom stereocenters. The van der Waals surface area contributed by atoms with Crippen LogP contribution in [0.2, 0.25) is 4.34 Å². The lowest BCUT2D eigenvalue weighted by atomic mass is 9.95. The first kappa shape index (κ1) is 20.2. The second kappa shape index (κ2) is 8.34. The van der Waals surface area contributed by atoms with Gasteiger partial charge in [0.1, 0.15) is 6.10 Å². The van der Waals surface area contributed by atoms with Crippen molar-refractivity contribution in [2.45, 2.75) is 31.3 Å². The van der Waals surface area contributed by atoms with E-state index in [0.717, 1.165) is 18.8 Å². The van der Waals surface area contributed by atoms with Crippen LogP contribution in [-0.2, 0) is 10.2 Å². The minimum atomic E-state index is -0.384. The number of ether oxygens (including phenoxy) is 1. The lowest BCUT2D eigenvalue weighted by molar-refractivity contribution is 0.0920. The van der Waals surface area contributed by atoms with E-state index in [-0.39, 0.29) is 30.1 Å². The third-order valence-corrected chi connectivity index (χ3v) is 6.75. The molecule has 0 radical (unpaired) electrons. The Balaban J connectivity index is 1.34. The van der Waals surface area contributed by atoms with E-state index in [2.05, 4.69) is 29.7 Å². The third-order valence-electron chi connectivity index (χ3n) is 5.52. The highest BCUT2D eigenvalue weighted by Crippen LogP contribution is 2.48. The highest BCUT2D eigenvalue weighted by molar-refractivity contribution is 7.17. The van der Waals surface area contributed by atoms with Gasteiger partial charge in [-0.3, -0.25) is 9.69 Å². The maximum atomic E-state index is 12.3. The summed E-state index contributed by atoms with van der Waals surface area (Å²) in [6.45, 7) is 4.75. The molecule has 2 heterocycles. The topological polar surface area (TPSA) is 70.7 Å². The van der Waals surface area contributed by atoms with Crippen molar-refractivity contribution in [2.24, 2.45) is 0 Å². The Morgan fingerprint density at radius 2 is 2.03 bits per heavy atom. The van der Waals surface area contributed by atoms with Crippen molar-refractivity contribution in [3.8, 4) is 0 Å². The summed E-state index contributed by atoms with van der Waals surface area (Å²) in [5.41, 5.74) is 2.38. The van der Waals surface area contributed by atoms with Crippen LogP contribution >= 0.6 is 22.9 Å². The van der Waals surface area contributed by atoms with Gasteiger partial charge in [0, 0.05) is 17.6 Å². The summed E-state index contributed by atoms with van der Waals surface area (Å²) < 4.78 is 5.99. The summed E-state index contributed by atoms with van der Waals surface area (Å²) >= 11 is 7.08. The zero-order valence-corrected chi connectivity index (χ0v) is 17.8. The average Bonchev–Trinajstić information content (AvgIpc) is 3.24. The monoisotopic (exact) mass is 433 g/mol. The highest BCUT2D eigenvalue weighted by atomic mass is 35.5. The number of thiophene rings is 1. The zero-order chi connectivity index (χ0) is 20.4. The fraction of sp³-hybridized carbons (Fsp3) is 0.429. The summed E-state index contributed by atoms with van der Waals surface area (Å²) in [4.78, 5) is 26.6. The van der Waals surface area contributed by atoms with E-state index in [1.807, 2.05) is 12.1 Å². The SMILES string of the molecule is CCNCC1(c2ccc(N3CC(CNC(=O)c4ccc(Cl)s4)OC3=O)cc2)CC1. The van der Waals surface area contributed by atoms with E-state index >= 15 is 0 Å². The van der Waals surface area contributed by atoms with E-state index in [1.165, 1.54) is 29.7 Å². The number of carbonyl (C=O) groups excluding carboxylic acids is 2. The number of anilines is 1. The number of nitrogens with zero attached hydrogens (tertiary/aromatic N) is 1. The van der Waals surface area contributed by atoms with Crippen molar-refractivity contribution in [1.29, 1.82) is 0 Å². The second-order valence-corrected chi connectivity index (χ2v) is 9.25. The van der Waals surface area contributed by atoms with Crippen LogP contribution in [0.5, 0.6) is 0 Å². The number of hydrogen-bond acceptors (Lipinski definition) is 5. The lowest BCUT2D eigenvalue weighted by Crippen LogP contribution is -2.34. The minimum absolute atomic E-state index is 0.212. The van der Waals surface area contributed by atoms with Gasteiger partial charge in [0.2, 0.25) is 0 Å². The van der Waals surface area contributed by atoms with Crippen molar-refractivity contribution in [1.82, 2.24) is 10.6 Å². The maximum Gasteiger partial charge on any atom is 0.414 e. The zero-order valence-electron chi connectivity index (χ0n) is 16.2. The maximum absolute atomic E-state index is 12.3. The fourth-order valence-electron chi connectivity index (χ4n) is 3.65. The Labute approximate surface area is 179 Å². The Morgan fingerprint density at radius 3 is 2.66 bits per heavy atom. The van der Waals surface area contributed by atoms with Gasteiger partial charge in [0.25, 0.3) is 5.91 Å². The summed E-state index contributed by atoms with van der Waals surface area (Å²) in [6.07, 6.45) is 1.63. The van der Waals surface area contributed by atoms with E-state index in [4.69, 9.17) is 16.3 Å². The Morgan fingerprint density at radius 1 is 1.28 bits per heavy atom. The smallest absolute Gasteiger partial charge is 0.414 e. The molecule has 1 saturated heterocycles. The number of nitrogens with one attached hydrogen (secondary N) is 2. The van der Waals surface area contributed by atoms with Crippen LogP contribution in [0.25, 0.3) is 0 Å². The Hall–Kier alpha value is -2.09. The molecule has 8 heteroatoms. The molecule has 29 heavy (non-hydrogen) atoms. The second-order valence-electron chi connectivity index (χ2n) is 7.54. The highest BCUT2D eigenvalue weighted by Gasteiger charge is 2.43. The molecule has 2 amide bonds. The first-order valence-corrected chi connectivity index (χ1v) is 11.0. The van der Waals surface area contributed by atoms with Crippen molar-refractivity contribution in [3.63, 3.8) is 0 Å². The number of likely N-dealkylation sites (N-methyl/N-ethyl adjacent to an activating group) is 1. The number of rotatable bonds is 8. The van der Waals surface area contributed by atoms with Gasteiger partial charge in [-0.25, -0.2) is 4.79 Å². The van der Waals surface area contributed by atoms with E-state index < -0.39 is 0 Å².